The zero-order chi connectivity index (χ0) is 21.0. The number of hydrogen-bond acceptors (Lipinski definition) is 6. The molecule has 3 aromatic rings. The molecule has 1 saturated heterocycles. The quantitative estimate of drug-likeness (QED) is 0.525. The van der Waals surface area contributed by atoms with Gasteiger partial charge in [-0.25, -0.2) is 4.98 Å². The summed E-state index contributed by atoms with van der Waals surface area (Å²) < 4.78 is 51.5. The Morgan fingerprint density at radius 1 is 1.23 bits per heavy atom. The molecule has 3 unspecified atom stereocenters. The molecule has 9 heteroatoms. The van der Waals surface area contributed by atoms with Crippen molar-refractivity contribution in [2.45, 2.75) is 32.0 Å². The number of thiazole rings is 1. The van der Waals surface area contributed by atoms with Crippen molar-refractivity contribution in [2.24, 2.45) is 17.8 Å². The third kappa shape index (κ3) is 3.28. The van der Waals surface area contributed by atoms with Crippen LogP contribution in [-0.4, -0.2) is 36.3 Å². The largest absolute Gasteiger partial charge is 0.423 e. The maximum Gasteiger partial charge on any atom is 0.418 e. The minimum absolute atomic E-state index is 0.00474. The molecule has 0 spiro atoms. The maximum absolute atomic E-state index is 13.5. The lowest BCUT2D eigenvalue weighted by Gasteiger charge is -2.35. The number of oxazole rings is 1. The Hall–Kier alpha value is -2.13. The van der Waals surface area contributed by atoms with Gasteiger partial charge in [0.25, 0.3) is 6.01 Å². The van der Waals surface area contributed by atoms with Crippen LogP contribution in [0, 0.1) is 17.8 Å². The van der Waals surface area contributed by atoms with E-state index >= 15 is 0 Å². The summed E-state index contributed by atoms with van der Waals surface area (Å²) in [6, 6.07) is 3.35. The average molecular weight is 437 g/mol. The van der Waals surface area contributed by atoms with E-state index in [1.165, 1.54) is 36.3 Å². The molecule has 2 aromatic heterocycles. The first-order chi connectivity index (χ1) is 14.3. The molecule has 2 fully saturated rings. The zero-order valence-corrected chi connectivity index (χ0v) is 17.5. The van der Waals surface area contributed by atoms with Crippen molar-refractivity contribution in [3.05, 3.63) is 29.3 Å². The fourth-order valence-corrected chi connectivity index (χ4v) is 5.61. The number of anilines is 1. The van der Waals surface area contributed by atoms with Crippen LogP contribution < -0.4 is 4.90 Å². The second kappa shape index (κ2) is 7.23. The topological polar surface area (TPSA) is 51.4 Å². The van der Waals surface area contributed by atoms with Gasteiger partial charge in [0.1, 0.15) is 10.5 Å². The van der Waals surface area contributed by atoms with Gasteiger partial charge < -0.3 is 14.1 Å². The highest BCUT2D eigenvalue weighted by Crippen LogP contribution is 2.44. The van der Waals surface area contributed by atoms with Gasteiger partial charge in [0.05, 0.1) is 5.56 Å². The molecule has 1 aliphatic heterocycles. The van der Waals surface area contributed by atoms with Crippen LogP contribution in [0.2, 0.25) is 0 Å². The monoisotopic (exact) mass is 437 g/mol. The van der Waals surface area contributed by atoms with E-state index in [-0.39, 0.29) is 5.56 Å². The lowest BCUT2D eigenvalue weighted by atomic mass is 9.87. The molecule has 2 aliphatic rings. The highest BCUT2D eigenvalue weighted by molar-refractivity contribution is 7.13. The number of fused-ring (bicyclic) bond motifs is 3. The van der Waals surface area contributed by atoms with Crippen LogP contribution in [0.1, 0.15) is 31.4 Å². The summed E-state index contributed by atoms with van der Waals surface area (Å²) in [5.74, 6) is 1.91. The molecule has 3 heterocycles. The molecule has 2 bridgehead atoms. The maximum atomic E-state index is 13.5. The lowest BCUT2D eigenvalue weighted by Crippen LogP contribution is -2.41. The van der Waals surface area contributed by atoms with Gasteiger partial charge in [0.2, 0.25) is 0 Å². The Balaban J connectivity index is 1.61. The standard InChI is InChI=1S/C21H22F3N3O2S/c1-11-12-3-4-13(11)10-27(9-12)20-26-16-8-14(18(28-2)21(22,23)24)7-15(17(16)29-20)19-25-5-6-30-19/h5-8,11-13,18H,3-4,9-10H2,1-2H3. The Labute approximate surface area is 175 Å². The highest BCUT2D eigenvalue weighted by atomic mass is 32.1. The molecule has 160 valence electrons. The third-order valence-electron chi connectivity index (χ3n) is 6.58. The number of piperidine rings is 1. The molecule has 0 amide bonds. The number of aromatic nitrogens is 2. The minimum atomic E-state index is -4.53. The van der Waals surface area contributed by atoms with E-state index in [2.05, 4.69) is 21.8 Å². The second-order valence-electron chi connectivity index (χ2n) is 8.27. The van der Waals surface area contributed by atoms with Gasteiger partial charge >= 0.3 is 6.18 Å². The van der Waals surface area contributed by atoms with Gasteiger partial charge in [-0.2, -0.15) is 18.2 Å². The van der Waals surface area contributed by atoms with Crippen molar-refractivity contribution in [1.82, 2.24) is 9.97 Å². The van der Waals surface area contributed by atoms with E-state index in [4.69, 9.17) is 9.15 Å². The predicted molar refractivity (Wildman–Crippen MR) is 109 cm³/mol. The molecule has 1 saturated carbocycles. The van der Waals surface area contributed by atoms with Gasteiger partial charge in [0.15, 0.2) is 11.7 Å². The molecular formula is C21H22F3N3O2S. The van der Waals surface area contributed by atoms with Crippen molar-refractivity contribution in [3.8, 4) is 10.6 Å². The summed E-state index contributed by atoms with van der Waals surface area (Å²) in [6.45, 7) is 4.04. The van der Waals surface area contributed by atoms with E-state index in [0.29, 0.717) is 45.4 Å². The van der Waals surface area contributed by atoms with E-state index in [1.807, 2.05) is 0 Å². The van der Waals surface area contributed by atoms with Crippen LogP contribution in [0.3, 0.4) is 0 Å². The van der Waals surface area contributed by atoms with E-state index in [0.717, 1.165) is 20.2 Å². The molecule has 5 nitrogen and oxygen atoms in total. The molecule has 0 radical (unpaired) electrons. The number of ether oxygens (including phenoxy) is 1. The van der Waals surface area contributed by atoms with Crippen molar-refractivity contribution in [3.63, 3.8) is 0 Å². The predicted octanol–water partition coefficient (Wildman–Crippen LogP) is 5.68. The first-order valence-corrected chi connectivity index (χ1v) is 10.9. The molecule has 3 atom stereocenters. The average Bonchev–Trinajstić information content (AvgIpc) is 3.39. The number of alkyl halides is 3. The third-order valence-corrected chi connectivity index (χ3v) is 7.38. The van der Waals surface area contributed by atoms with Gasteiger partial charge in [-0.05, 0) is 48.3 Å². The molecule has 5 rings (SSSR count). The summed E-state index contributed by atoms with van der Waals surface area (Å²) in [6.07, 6.45) is -2.53. The van der Waals surface area contributed by atoms with Gasteiger partial charge in [-0.3, -0.25) is 0 Å². The van der Waals surface area contributed by atoms with Crippen LogP contribution in [0.25, 0.3) is 21.7 Å². The first-order valence-electron chi connectivity index (χ1n) is 10.0. The van der Waals surface area contributed by atoms with Crippen LogP contribution >= 0.6 is 11.3 Å². The Morgan fingerprint density at radius 2 is 1.97 bits per heavy atom. The number of methoxy groups -OCH3 is 1. The smallest absolute Gasteiger partial charge is 0.418 e. The first kappa shape index (κ1) is 19.8. The number of hydrogen-bond donors (Lipinski definition) is 0. The Kier molecular flexibility index (Phi) is 4.77. The fraction of sp³-hybridized carbons (Fsp3) is 0.524. The molecule has 1 aliphatic carbocycles. The number of halogens is 3. The fourth-order valence-electron chi connectivity index (χ4n) is 4.95. The Morgan fingerprint density at radius 3 is 2.57 bits per heavy atom. The zero-order valence-electron chi connectivity index (χ0n) is 16.6. The van der Waals surface area contributed by atoms with Crippen LogP contribution in [0.4, 0.5) is 19.2 Å². The molecule has 0 N–H and O–H groups in total. The summed E-state index contributed by atoms with van der Waals surface area (Å²) >= 11 is 1.35. The highest BCUT2D eigenvalue weighted by Gasteiger charge is 2.43. The van der Waals surface area contributed by atoms with Crippen LogP contribution in [-0.2, 0) is 4.74 Å². The molecular weight excluding hydrogens is 415 g/mol. The summed E-state index contributed by atoms with van der Waals surface area (Å²) in [5, 5.41) is 2.38. The summed E-state index contributed by atoms with van der Waals surface area (Å²) in [7, 11) is 1.06. The van der Waals surface area contributed by atoms with E-state index in [9.17, 15) is 13.2 Å². The van der Waals surface area contributed by atoms with Crippen molar-refractivity contribution in [2.75, 3.05) is 25.1 Å². The number of benzene rings is 1. The minimum Gasteiger partial charge on any atom is -0.423 e. The number of nitrogens with zero attached hydrogens (tertiary/aromatic N) is 3. The molecule has 30 heavy (non-hydrogen) atoms. The Bertz CT molecular complexity index is 1040. The number of rotatable bonds is 4. The normalized spacial score (nSPS) is 25.2. The second-order valence-corrected chi connectivity index (χ2v) is 9.16. The SMILES string of the molecule is COC(c1cc(-c2nccs2)c2oc(N3CC4CCC(C3)C4C)nc2c1)C(F)(F)F. The van der Waals surface area contributed by atoms with Gasteiger partial charge in [-0.15, -0.1) is 11.3 Å². The van der Waals surface area contributed by atoms with E-state index < -0.39 is 12.3 Å². The lowest BCUT2D eigenvalue weighted by molar-refractivity contribution is -0.215. The van der Waals surface area contributed by atoms with Crippen molar-refractivity contribution >= 4 is 28.5 Å². The van der Waals surface area contributed by atoms with Gasteiger partial charge in [0, 0.05) is 31.8 Å². The molecule has 1 aromatic carbocycles. The summed E-state index contributed by atoms with van der Waals surface area (Å²) in [4.78, 5) is 11.0. The van der Waals surface area contributed by atoms with Crippen LogP contribution in [0.5, 0.6) is 0 Å². The van der Waals surface area contributed by atoms with Crippen molar-refractivity contribution < 1.29 is 22.3 Å². The summed E-state index contributed by atoms with van der Waals surface area (Å²) in [5.41, 5.74) is 1.36. The van der Waals surface area contributed by atoms with Crippen LogP contribution in [0.15, 0.2) is 28.1 Å². The van der Waals surface area contributed by atoms with E-state index in [1.54, 1.807) is 11.6 Å². The van der Waals surface area contributed by atoms with Gasteiger partial charge in [-0.1, -0.05) is 6.92 Å². The van der Waals surface area contributed by atoms with Crippen molar-refractivity contribution in [1.29, 1.82) is 0 Å².